The number of fused-ring (bicyclic) bond motifs is 1. The van der Waals surface area contributed by atoms with E-state index < -0.39 is 12.6 Å². The first kappa shape index (κ1) is 11.2. The molecule has 0 atom stereocenters. The number of aliphatic carboxylic acids is 1. The van der Waals surface area contributed by atoms with E-state index in [1.807, 2.05) is 0 Å². The lowest BCUT2D eigenvalue weighted by Gasteiger charge is -2.07. The lowest BCUT2D eigenvalue weighted by Crippen LogP contribution is -2.12. The first-order chi connectivity index (χ1) is 8.16. The SMILES string of the molecule is O=C(O)CONc1nccc2ccc(O)cc12. The van der Waals surface area contributed by atoms with Crippen LogP contribution in [0.2, 0.25) is 0 Å². The molecule has 0 spiro atoms. The van der Waals surface area contributed by atoms with Gasteiger partial charge in [-0.3, -0.25) is 4.84 Å². The molecule has 0 fully saturated rings. The Hall–Kier alpha value is -2.34. The molecule has 2 aromatic rings. The van der Waals surface area contributed by atoms with Crippen LogP contribution in [0.25, 0.3) is 10.8 Å². The number of aromatic hydroxyl groups is 1. The van der Waals surface area contributed by atoms with Gasteiger partial charge in [-0.2, -0.15) is 0 Å². The molecule has 0 saturated heterocycles. The van der Waals surface area contributed by atoms with Gasteiger partial charge in [0.25, 0.3) is 0 Å². The quantitative estimate of drug-likeness (QED) is 0.692. The molecule has 0 aliphatic carbocycles. The highest BCUT2D eigenvalue weighted by molar-refractivity contribution is 5.92. The van der Waals surface area contributed by atoms with Crippen LogP contribution in [0.1, 0.15) is 0 Å². The molecule has 6 nitrogen and oxygen atoms in total. The van der Waals surface area contributed by atoms with E-state index in [0.29, 0.717) is 11.2 Å². The highest BCUT2D eigenvalue weighted by atomic mass is 16.7. The van der Waals surface area contributed by atoms with Crippen LogP contribution in [0, 0.1) is 0 Å². The van der Waals surface area contributed by atoms with Crippen molar-refractivity contribution in [1.82, 2.24) is 4.98 Å². The van der Waals surface area contributed by atoms with E-state index in [-0.39, 0.29) is 5.75 Å². The fourth-order valence-electron chi connectivity index (χ4n) is 1.40. The van der Waals surface area contributed by atoms with Gasteiger partial charge in [0.05, 0.1) is 0 Å². The molecule has 6 heteroatoms. The minimum Gasteiger partial charge on any atom is -0.508 e. The minimum absolute atomic E-state index is 0.104. The molecule has 0 unspecified atom stereocenters. The molecule has 0 radical (unpaired) electrons. The van der Waals surface area contributed by atoms with E-state index in [4.69, 9.17) is 9.94 Å². The number of hydrogen-bond acceptors (Lipinski definition) is 5. The van der Waals surface area contributed by atoms with Gasteiger partial charge < -0.3 is 10.2 Å². The summed E-state index contributed by atoms with van der Waals surface area (Å²) in [6.07, 6.45) is 1.56. The second kappa shape index (κ2) is 4.67. The van der Waals surface area contributed by atoms with Gasteiger partial charge in [0.2, 0.25) is 0 Å². The zero-order valence-electron chi connectivity index (χ0n) is 8.75. The molecule has 1 aromatic carbocycles. The fraction of sp³-hybridized carbons (Fsp3) is 0.0909. The van der Waals surface area contributed by atoms with Crippen LogP contribution in [0.4, 0.5) is 5.82 Å². The Balaban J connectivity index is 2.27. The second-order valence-electron chi connectivity index (χ2n) is 3.35. The molecule has 0 aliphatic heterocycles. The van der Waals surface area contributed by atoms with E-state index >= 15 is 0 Å². The molecule has 2 rings (SSSR count). The number of rotatable bonds is 4. The minimum atomic E-state index is -1.08. The Kier molecular flexibility index (Phi) is 3.06. The van der Waals surface area contributed by atoms with Crippen molar-refractivity contribution in [3.63, 3.8) is 0 Å². The number of nitrogens with one attached hydrogen (secondary N) is 1. The van der Waals surface area contributed by atoms with Crippen LogP contribution in [0.15, 0.2) is 30.5 Å². The van der Waals surface area contributed by atoms with Gasteiger partial charge in [-0.25, -0.2) is 15.3 Å². The highest BCUT2D eigenvalue weighted by Gasteiger charge is 2.04. The van der Waals surface area contributed by atoms with E-state index in [1.165, 1.54) is 6.07 Å². The number of phenolic OH excluding ortho intramolecular Hbond substituents is 1. The summed E-state index contributed by atoms with van der Waals surface area (Å²) < 4.78 is 0. The predicted molar refractivity (Wildman–Crippen MR) is 60.6 cm³/mol. The molecule has 0 aliphatic rings. The Morgan fingerprint density at radius 3 is 3.00 bits per heavy atom. The lowest BCUT2D eigenvalue weighted by atomic mass is 10.1. The van der Waals surface area contributed by atoms with Gasteiger partial charge >= 0.3 is 5.97 Å². The molecular weight excluding hydrogens is 224 g/mol. The van der Waals surface area contributed by atoms with Crippen molar-refractivity contribution in [1.29, 1.82) is 0 Å². The number of nitrogens with zero attached hydrogens (tertiary/aromatic N) is 1. The third kappa shape index (κ3) is 2.61. The number of aromatic nitrogens is 1. The number of carboxylic acids is 1. The molecule has 1 aromatic heterocycles. The van der Waals surface area contributed by atoms with E-state index in [2.05, 4.69) is 10.5 Å². The lowest BCUT2D eigenvalue weighted by molar-refractivity contribution is -0.141. The van der Waals surface area contributed by atoms with Crippen LogP contribution < -0.4 is 5.48 Å². The predicted octanol–water partition coefficient (Wildman–Crippen LogP) is 1.37. The van der Waals surface area contributed by atoms with E-state index in [0.717, 1.165) is 5.39 Å². The molecular formula is C11H10N2O4. The van der Waals surface area contributed by atoms with Gasteiger partial charge in [0.15, 0.2) is 12.4 Å². The van der Waals surface area contributed by atoms with Gasteiger partial charge in [0, 0.05) is 11.6 Å². The third-order valence-electron chi connectivity index (χ3n) is 2.11. The van der Waals surface area contributed by atoms with Gasteiger partial charge in [-0.15, -0.1) is 0 Å². The summed E-state index contributed by atoms with van der Waals surface area (Å²) in [5.74, 6) is -0.619. The smallest absolute Gasteiger partial charge is 0.332 e. The molecule has 1 heterocycles. The summed E-state index contributed by atoms with van der Waals surface area (Å²) in [6, 6.07) is 6.59. The monoisotopic (exact) mass is 234 g/mol. The van der Waals surface area contributed by atoms with Crippen molar-refractivity contribution in [2.45, 2.75) is 0 Å². The first-order valence-electron chi connectivity index (χ1n) is 4.84. The van der Waals surface area contributed by atoms with Crippen molar-refractivity contribution in [2.24, 2.45) is 0 Å². The van der Waals surface area contributed by atoms with Crippen molar-refractivity contribution >= 4 is 22.6 Å². The number of anilines is 1. The summed E-state index contributed by atoms with van der Waals surface area (Å²) in [5.41, 5.74) is 2.44. The topological polar surface area (TPSA) is 91.7 Å². The number of phenols is 1. The summed E-state index contributed by atoms with van der Waals surface area (Å²) in [5, 5.41) is 19.3. The number of hydrogen-bond donors (Lipinski definition) is 3. The van der Waals surface area contributed by atoms with Crippen molar-refractivity contribution in [3.05, 3.63) is 30.5 Å². The van der Waals surface area contributed by atoms with Gasteiger partial charge in [0.1, 0.15) is 5.75 Å². The van der Waals surface area contributed by atoms with Gasteiger partial charge in [-0.1, -0.05) is 6.07 Å². The van der Waals surface area contributed by atoms with Crippen LogP contribution in [0.5, 0.6) is 5.75 Å². The molecule has 3 N–H and O–H groups in total. The maximum absolute atomic E-state index is 10.3. The first-order valence-corrected chi connectivity index (χ1v) is 4.84. The summed E-state index contributed by atoms with van der Waals surface area (Å²) in [7, 11) is 0. The third-order valence-corrected chi connectivity index (χ3v) is 2.11. The highest BCUT2D eigenvalue weighted by Crippen LogP contribution is 2.24. The standard InChI is InChI=1S/C11H10N2O4/c14-8-2-1-7-3-4-12-11(9(7)5-8)13-17-6-10(15)16/h1-5,14H,6H2,(H,12,13)(H,15,16). The summed E-state index contributed by atoms with van der Waals surface area (Å²) >= 11 is 0. The number of benzene rings is 1. The second-order valence-corrected chi connectivity index (χ2v) is 3.35. The maximum Gasteiger partial charge on any atom is 0.332 e. The maximum atomic E-state index is 10.3. The van der Waals surface area contributed by atoms with Crippen molar-refractivity contribution < 1.29 is 19.8 Å². The number of pyridine rings is 1. The Morgan fingerprint density at radius 1 is 1.41 bits per heavy atom. The molecule has 0 bridgehead atoms. The normalized spacial score (nSPS) is 10.4. The van der Waals surface area contributed by atoms with E-state index in [1.54, 1.807) is 24.4 Å². The van der Waals surface area contributed by atoms with Crippen molar-refractivity contribution in [3.8, 4) is 5.75 Å². The van der Waals surface area contributed by atoms with E-state index in [9.17, 15) is 9.90 Å². The molecule has 17 heavy (non-hydrogen) atoms. The number of carbonyl (C=O) groups is 1. The molecule has 0 saturated carbocycles. The summed E-state index contributed by atoms with van der Waals surface area (Å²) in [4.78, 5) is 19.0. The van der Waals surface area contributed by atoms with Crippen molar-refractivity contribution in [2.75, 3.05) is 12.1 Å². The fourth-order valence-corrected chi connectivity index (χ4v) is 1.40. The Morgan fingerprint density at radius 2 is 2.24 bits per heavy atom. The Bertz CT molecular complexity index is 556. The largest absolute Gasteiger partial charge is 0.508 e. The average Bonchev–Trinajstić information content (AvgIpc) is 2.29. The zero-order chi connectivity index (χ0) is 12.3. The summed E-state index contributed by atoms with van der Waals surface area (Å²) in [6.45, 7) is -0.475. The average molecular weight is 234 g/mol. The van der Waals surface area contributed by atoms with Crippen LogP contribution in [-0.4, -0.2) is 27.8 Å². The van der Waals surface area contributed by atoms with Gasteiger partial charge in [-0.05, 0) is 23.6 Å². The molecule has 88 valence electrons. The molecule has 0 amide bonds. The Labute approximate surface area is 96.4 Å². The zero-order valence-corrected chi connectivity index (χ0v) is 8.75. The number of carboxylic acid groups (broad SMARTS) is 1. The van der Waals surface area contributed by atoms with Crippen LogP contribution >= 0.6 is 0 Å². The van der Waals surface area contributed by atoms with Crippen LogP contribution in [0.3, 0.4) is 0 Å². The van der Waals surface area contributed by atoms with Crippen LogP contribution in [-0.2, 0) is 9.63 Å².